The van der Waals surface area contributed by atoms with Gasteiger partial charge in [-0.25, -0.2) is 4.79 Å². The van der Waals surface area contributed by atoms with Gasteiger partial charge in [0.2, 0.25) is 0 Å². The van der Waals surface area contributed by atoms with E-state index in [9.17, 15) is 4.79 Å². The van der Waals surface area contributed by atoms with Crippen molar-refractivity contribution >= 4 is 0 Å². The Morgan fingerprint density at radius 3 is 2.92 bits per heavy atom. The number of nitrogens with one attached hydrogen (secondary N) is 3. The molecular formula is C9H15N3O. The molecular weight excluding hydrogens is 166 g/mol. The fraction of sp³-hybridized carbons (Fsp3) is 0.667. The lowest BCUT2D eigenvalue weighted by Crippen LogP contribution is -2.42. The van der Waals surface area contributed by atoms with E-state index in [1.165, 1.54) is 12.8 Å². The van der Waals surface area contributed by atoms with Gasteiger partial charge in [0.15, 0.2) is 0 Å². The molecule has 3 N–H and O–H groups in total. The molecule has 1 aromatic rings. The fourth-order valence-corrected chi connectivity index (χ4v) is 1.68. The highest BCUT2D eigenvalue weighted by Crippen LogP contribution is 2.26. The summed E-state index contributed by atoms with van der Waals surface area (Å²) in [7, 11) is 0. The predicted molar refractivity (Wildman–Crippen MR) is 50.4 cm³/mol. The van der Waals surface area contributed by atoms with Crippen LogP contribution in [-0.2, 0) is 6.54 Å². The third-order valence-corrected chi connectivity index (χ3v) is 2.83. The van der Waals surface area contributed by atoms with Crippen LogP contribution in [0.3, 0.4) is 0 Å². The average Bonchev–Trinajstić information content (AvgIpc) is 2.49. The van der Waals surface area contributed by atoms with Crippen molar-refractivity contribution in [3.8, 4) is 0 Å². The van der Waals surface area contributed by atoms with Crippen LogP contribution in [0, 0.1) is 5.92 Å². The maximum Gasteiger partial charge on any atom is 0.323 e. The Morgan fingerprint density at radius 2 is 2.46 bits per heavy atom. The first-order chi connectivity index (χ1) is 6.25. The lowest BCUT2D eigenvalue weighted by Gasteiger charge is -2.34. The molecule has 1 aliphatic rings. The number of rotatable bonds is 3. The maximum absolute atomic E-state index is 10.7. The van der Waals surface area contributed by atoms with Crippen LogP contribution in [0.2, 0.25) is 0 Å². The Balaban J connectivity index is 1.82. The fourth-order valence-electron chi connectivity index (χ4n) is 1.68. The van der Waals surface area contributed by atoms with E-state index in [0.29, 0.717) is 6.04 Å². The van der Waals surface area contributed by atoms with E-state index < -0.39 is 0 Å². The zero-order chi connectivity index (χ0) is 9.26. The van der Waals surface area contributed by atoms with Gasteiger partial charge in [-0.3, -0.25) is 0 Å². The molecule has 2 unspecified atom stereocenters. The summed E-state index contributed by atoms with van der Waals surface area (Å²) in [6.45, 7) is 3.01. The third-order valence-electron chi connectivity index (χ3n) is 2.83. The van der Waals surface area contributed by atoms with E-state index in [2.05, 4.69) is 22.2 Å². The van der Waals surface area contributed by atoms with Crippen LogP contribution in [0.25, 0.3) is 0 Å². The second-order valence-electron chi connectivity index (χ2n) is 3.81. The molecule has 1 aromatic heterocycles. The molecule has 0 aromatic carbocycles. The Labute approximate surface area is 76.8 Å². The van der Waals surface area contributed by atoms with Crippen molar-refractivity contribution in [2.24, 2.45) is 5.92 Å². The SMILES string of the molecule is CC1CCC1NCc1c[nH]c(=O)[nH]1. The second-order valence-corrected chi connectivity index (χ2v) is 3.81. The lowest BCUT2D eigenvalue weighted by molar-refractivity contribution is 0.228. The molecule has 0 spiro atoms. The first-order valence-electron chi connectivity index (χ1n) is 4.75. The van der Waals surface area contributed by atoms with Gasteiger partial charge >= 0.3 is 5.69 Å². The highest BCUT2D eigenvalue weighted by molar-refractivity contribution is 4.95. The van der Waals surface area contributed by atoms with E-state index in [1.807, 2.05) is 0 Å². The van der Waals surface area contributed by atoms with Crippen LogP contribution < -0.4 is 11.0 Å². The van der Waals surface area contributed by atoms with E-state index in [0.717, 1.165) is 18.2 Å². The smallest absolute Gasteiger partial charge is 0.313 e. The van der Waals surface area contributed by atoms with Gasteiger partial charge in [-0.1, -0.05) is 6.92 Å². The standard InChI is InChI=1S/C9H15N3O/c1-6-2-3-8(6)10-4-7-5-11-9(13)12-7/h5-6,8,10H,2-4H2,1H3,(H2,11,12,13). The van der Waals surface area contributed by atoms with Gasteiger partial charge in [0, 0.05) is 24.5 Å². The predicted octanol–water partition coefficient (Wildman–Crippen LogP) is 0.591. The number of hydrogen-bond donors (Lipinski definition) is 3. The molecule has 72 valence electrons. The van der Waals surface area contributed by atoms with Crippen molar-refractivity contribution in [3.63, 3.8) is 0 Å². The second kappa shape index (κ2) is 3.38. The van der Waals surface area contributed by atoms with Gasteiger partial charge in [-0.2, -0.15) is 0 Å². The van der Waals surface area contributed by atoms with Crippen LogP contribution in [0.1, 0.15) is 25.5 Å². The number of hydrogen-bond acceptors (Lipinski definition) is 2. The highest BCUT2D eigenvalue weighted by atomic mass is 16.1. The number of aromatic nitrogens is 2. The first kappa shape index (κ1) is 8.56. The summed E-state index contributed by atoms with van der Waals surface area (Å²) >= 11 is 0. The molecule has 4 heteroatoms. The summed E-state index contributed by atoms with van der Waals surface area (Å²) in [5.74, 6) is 0.783. The highest BCUT2D eigenvalue weighted by Gasteiger charge is 2.25. The molecule has 2 rings (SSSR count). The molecule has 13 heavy (non-hydrogen) atoms. The minimum Gasteiger partial charge on any atom is -0.313 e. The van der Waals surface area contributed by atoms with Crippen LogP contribution in [0.15, 0.2) is 11.0 Å². The van der Waals surface area contributed by atoms with Crippen LogP contribution >= 0.6 is 0 Å². The molecule has 0 aliphatic heterocycles. The zero-order valence-electron chi connectivity index (χ0n) is 7.76. The van der Waals surface area contributed by atoms with Crippen molar-refractivity contribution in [1.29, 1.82) is 0 Å². The summed E-state index contributed by atoms with van der Waals surface area (Å²) < 4.78 is 0. The van der Waals surface area contributed by atoms with Gasteiger partial charge < -0.3 is 15.3 Å². The van der Waals surface area contributed by atoms with Gasteiger partial charge in [-0.05, 0) is 18.8 Å². The largest absolute Gasteiger partial charge is 0.323 e. The molecule has 0 bridgehead atoms. The lowest BCUT2D eigenvalue weighted by atomic mass is 9.81. The third kappa shape index (κ3) is 1.83. The summed E-state index contributed by atoms with van der Waals surface area (Å²) in [6, 6.07) is 0.637. The number of imidazole rings is 1. The van der Waals surface area contributed by atoms with Gasteiger partial charge in [0.25, 0.3) is 0 Å². The summed E-state index contributed by atoms with van der Waals surface area (Å²) in [6.07, 6.45) is 4.30. The molecule has 2 atom stereocenters. The van der Waals surface area contributed by atoms with E-state index in [1.54, 1.807) is 6.20 Å². The van der Waals surface area contributed by atoms with Gasteiger partial charge in [0.05, 0.1) is 0 Å². The zero-order valence-corrected chi connectivity index (χ0v) is 7.76. The van der Waals surface area contributed by atoms with E-state index >= 15 is 0 Å². The van der Waals surface area contributed by atoms with Crippen molar-refractivity contribution in [3.05, 3.63) is 22.4 Å². The van der Waals surface area contributed by atoms with Crippen LogP contribution in [-0.4, -0.2) is 16.0 Å². The monoisotopic (exact) mass is 181 g/mol. The normalized spacial score (nSPS) is 27.2. The molecule has 4 nitrogen and oxygen atoms in total. The summed E-state index contributed by atoms with van der Waals surface area (Å²) in [5.41, 5.74) is 0.808. The maximum atomic E-state index is 10.7. The first-order valence-corrected chi connectivity index (χ1v) is 4.75. The summed E-state index contributed by atoms with van der Waals surface area (Å²) in [4.78, 5) is 16.1. The molecule has 0 radical (unpaired) electrons. The van der Waals surface area contributed by atoms with Crippen molar-refractivity contribution in [2.75, 3.05) is 0 Å². The molecule has 1 fully saturated rings. The van der Waals surface area contributed by atoms with Crippen molar-refractivity contribution in [2.45, 2.75) is 32.4 Å². The van der Waals surface area contributed by atoms with Crippen molar-refractivity contribution in [1.82, 2.24) is 15.3 Å². The molecule has 1 heterocycles. The number of aromatic amines is 2. The molecule has 0 saturated heterocycles. The Kier molecular flexibility index (Phi) is 2.22. The molecule has 1 aliphatic carbocycles. The number of H-pyrrole nitrogens is 2. The summed E-state index contributed by atoms with van der Waals surface area (Å²) in [5, 5.41) is 3.41. The Morgan fingerprint density at radius 1 is 1.62 bits per heavy atom. The van der Waals surface area contributed by atoms with Gasteiger partial charge in [-0.15, -0.1) is 0 Å². The average molecular weight is 181 g/mol. The molecule has 0 amide bonds. The minimum absolute atomic E-state index is 0.126. The molecule has 1 saturated carbocycles. The minimum atomic E-state index is -0.126. The van der Waals surface area contributed by atoms with E-state index in [-0.39, 0.29) is 5.69 Å². The quantitative estimate of drug-likeness (QED) is 0.639. The van der Waals surface area contributed by atoms with Crippen molar-refractivity contribution < 1.29 is 0 Å². The van der Waals surface area contributed by atoms with E-state index in [4.69, 9.17) is 0 Å². The van der Waals surface area contributed by atoms with Crippen LogP contribution in [0.4, 0.5) is 0 Å². The van der Waals surface area contributed by atoms with Gasteiger partial charge in [0.1, 0.15) is 0 Å². The Hall–Kier alpha value is -1.03. The van der Waals surface area contributed by atoms with Crippen LogP contribution in [0.5, 0.6) is 0 Å². The topological polar surface area (TPSA) is 60.7 Å². The Bertz CT molecular complexity index is 328.